The molecule has 3 aromatic carbocycles. The molecule has 0 aliphatic rings. The monoisotopic (exact) mass is 514 g/mol. The standard InChI is InChI=1S/C24H17Cl2FN4O4/c1-35-20-7-2-4-13-8-19(22(32)29-18-10-14(25)9-15(26)11-18)31(21(13)20)30-24(34)23(33)28-17-6-3-5-16(27)12-17/h2-12H,1H3,(H,28,33)(H,29,32)(H,30,34). The molecule has 8 nitrogen and oxygen atoms in total. The van der Waals surface area contributed by atoms with Crippen LogP contribution in [0.15, 0.2) is 66.7 Å². The number of methoxy groups -OCH3 is 1. The van der Waals surface area contributed by atoms with E-state index in [4.69, 9.17) is 27.9 Å². The molecule has 11 heteroatoms. The van der Waals surface area contributed by atoms with E-state index in [-0.39, 0.29) is 11.4 Å². The SMILES string of the molecule is COc1cccc2cc(C(=O)Nc3cc(Cl)cc(Cl)c3)n(NC(=O)C(=O)Nc3cccc(F)c3)c12. The number of benzene rings is 3. The Morgan fingerprint density at radius 3 is 2.26 bits per heavy atom. The Kier molecular flexibility index (Phi) is 6.90. The molecule has 0 aliphatic carbocycles. The molecule has 0 saturated heterocycles. The Bertz CT molecular complexity index is 1450. The molecular formula is C24H17Cl2FN4O4. The number of amides is 3. The molecule has 178 valence electrons. The highest BCUT2D eigenvalue weighted by molar-refractivity contribution is 6.42. The van der Waals surface area contributed by atoms with Crippen molar-refractivity contribution >= 4 is 63.2 Å². The first-order valence-corrected chi connectivity index (χ1v) is 10.8. The number of rotatable bonds is 5. The van der Waals surface area contributed by atoms with E-state index in [9.17, 15) is 18.8 Å². The van der Waals surface area contributed by atoms with Crippen LogP contribution in [0.5, 0.6) is 5.75 Å². The van der Waals surface area contributed by atoms with E-state index in [1.165, 1.54) is 49.6 Å². The van der Waals surface area contributed by atoms with Gasteiger partial charge in [0.2, 0.25) is 0 Å². The number of carbonyl (C=O) groups excluding carboxylic acids is 3. The van der Waals surface area contributed by atoms with Gasteiger partial charge in [-0.1, -0.05) is 41.4 Å². The molecule has 0 fully saturated rings. The van der Waals surface area contributed by atoms with E-state index in [1.54, 1.807) is 18.2 Å². The highest BCUT2D eigenvalue weighted by atomic mass is 35.5. The maximum absolute atomic E-state index is 13.4. The van der Waals surface area contributed by atoms with E-state index in [0.29, 0.717) is 32.4 Å². The number of halogens is 3. The zero-order valence-electron chi connectivity index (χ0n) is 18.1. The lowest BCUT2D eigenvalue weighted by Gasteiger charge is -2.14. The Morgan fingerprint density at radius 1 is 0.857 bits per heavy atom. The highest BCUT2D eigenvalue weighted by Crippen LogP contribution is 2.29. The molecule has 0 aliphatic heterocycles. The number of carbonyl (C=O) groups is 3. The second-order valence-corrected chi connectivity index (χ2v) is 8.15. The van der Waals surface area contributed by atoms with Gasteiger partial charge in [-0.05, 0) is 48.5 Å². The summed E-state index contributed by atoms with van der Waals surface area (Å²) in [6, 6.07) is 16.2. The van der Waals surface area contributed by atoms with Crippen molar-refractivity contribution in [1.29, 1.82) is 0 Å². The maximum Gasteiger partial charge on any atom is 0.328 e. The first-order chi connectivity index (χ1) is 16.7. The summed E-state index contributed by atoms with van der Waals surface area (Å²) in [5.41, 5.74) is 3.17. The number of hydrogen-bond acceptors (Lipinski definition) is 4. The van der Waals surface area contributed by atoms with E-state index < -0.39 is 23.5 Å². The van der Waals surface area contributed by atoms with Gasteiger partial charge in [0.1, 0.15) is 22.8 Å². The smallest absolute Gasteiger partial charge is 0.328 e. The van der Waals surface area contributed by atoms with E-state index in [0.717, 1.165) is 10.7 Å². The van der Waals surface area contributed by atoms with Crippen molar-refractivity contribution in [3.63, 3.8) is 0 Å². The number of hydrogen-bond donors (Lipinski definition) is 3. The van der Waals surface area contributed by atoms with Crippen molar-refractivity contribution in [3.05, 3.63) is 88.3 Å². The van der Waals surface area contributed by atoms with Gasteiger partial charge in [0, 0.05) is 26.8 Å². The zero-order chi connectivity index (χ0) is 25.1. The van der Waals surface area contributed by atoms with Crippen LogP contribution in [0.2, 0.25) is 10.0 Å². The van der Waals surface area contributed by atoms with Crippen molar-refractivity contribution in [1.82, 2.24) is 4.68 Å². The fourth-order valence-electron chi connectivity index (χ4n) is 3.40. The Hall–Kier alpha value is -4.08. The van der Waals surface area contributed by atoms with Crippen LogP contribution in [0.3, 0.4) is 0 Å². The van der Waals surface area contributed by atoms with Crippen LogP contribution in [0.4, 0.5) is 15.8 Å². The van der Waals surface area contributed by atoms with Gasteiger partial charge in [0.05, 0.1) is 7.11 Å². The molecule has 4 aromatic rings. The predicted molar refractivity (Wildman–Crippen MR) is 132 cm³/mol. The zero-order valence-corrected chi connectivity index (χ0v) is 19.6. The minimum Gasteiger partial charge on any atom is -0.494 e. The number of aromatic nitrogens is 1. The largest absolute Gasteiger partial charge is 0.494 e. The Labute approximate surface area is 208 Å². The number of nitrogens with zero attached hydrogens (tertiary/aromatic N) is 1. The van der Waals surface area contributed by atoms with Crippen molar-refractivity contribution in [2.45, 2.75) is 0 Å². The van der Waals surface area contributed by atoms with E-state index >= 15 is 0 Å². The highest BCUT2D eigenvalue weighted by Gasteiger charge is 2.23. The summed E-state index contributed by atoms with van der Waals surface area (Å²) in [7, 11) is 1.43. The summed E-state index contributed by atoms with van der Waals surface area (Å²) in [5.74, 6) is -3.02. The summed E-state index contributed by atoms with van der Waals surface area (Å²) in [4.78, 5) is 38.3. The first-order valence-electron chi connectivity index (χ1n) is 10.1. The molecule has 3 N–H and O–H groups in total. The van der Waals surface area contributed by atoms with Gasteiger partial charge in [-0.25, -0.2) is 9.07 Å². The normalized spacial score (nSPS) is 10.6. The van der Waals surface area contributed by atoms with Gasteiger partial charge in [-0.2, -0.15) is 0 Å². The molecule has 1 heterocycles. The molecular weight excluding hydrogens is 498 g/mol. The molecule has 0 bridgehead atoms. The molecule has 35 heavy (non-hydrogen) atoms. The summed E-state index contributed by atoms with van der Waals surface area (Å²) in [5, 5.41) is 6.17. The Morgan fingerprint density at radius 2 is 1.57 bits per heavy atom. The Balaban J connectivity index is 1.68. The summed E-state index contributed by atoms with van der Waals surface area (Å²) < 4.78 is 19.9. The minimum atomic E-state index is -1.10. The van der Waals surface area contributed by atoms with Gasteiger partial charge in [0.25, 0.3) is 5.91 Å². The van der Waals surface area contributed by atoms with Crippen LogP contribution in [0, 0.1) is 5.82 Å². The minimum absolute atomic E-state index is 0.00694. The predicted octanol–water partition coefficient (Wildman–Crippen LogP) is 5.06. The van der Waals surface area contributed by atoms with Gasteiger partial charge >= 0.3 is 11.8 Å². The van der Waals surface area contributed by atoms with Crippen LogP contribution in [-0.4, -0.2) is 29.5 Å². The fourth-order valence-corrected chi connectivity index (χ4v) is 3.93. The van der Waals surface area contributed by atoms with Gasteiger partial charge < -0.3 is 15.4 Å². The number of fused-ring (bicyclic) bond motifs is 1. The summed E-state index contributed by atoms with van der Waals surface area (Å²) >= 11 is 12.0. The quantitative estimate of drug-likeness (QED) is 0.324. The summed E-state index contributed by atoms with van der Waals surface area (Å²) in [6.07, 6.45) is 0. The fraction of sp³-hybridized carbons (Fsp3) is 0.0417. The lowest BCUT2D eigenvalue weighted by atomic mass is 10.2. The second-order valence-electron chi connectivity index (χ2n) is 7.28. The number of ether oxygens (including phenoxy) is 1. The van der Waals surface area contributed by atoms with Gasteiger partial charge in [0.15, 0.2) is 0 Å². The number of para-hydroxylation sites is 1. The summed E-state index contributed by atoms with van der Waals surface area (Å²) in [6.45, 7) is 0. The van der Waals surface area contributed by atoms with Crippen molar-refractivity contribution in [3.8, 4) is 5.75 Å². The van der Waals surface area contributed by atoms with Crippen molar-refractivity contribution in [2.75, 3.05) is 23.2 Å². The van der Waals surface area contributed by atoms with E-state index in [1.807, 2.05) is 0 Å². The third-order valence-electron chi connectivity index (χ3n) is 4.86. The van der Waals surface area contributed by atoms with Gasteiger partial charge in [-0.3, -0.25) is 19.8 Å². The third-order valence-corrected chi connectivity index (χ3v) is 5.30. The molecule has 0 atom stereocenters. The van der Waals surface area contributed by atoms with Crippen LogP contribution in [-0.2, 0) is 9.59 Å². The van der Waals surface area contributed by atoms with Crippen LogP contribution >= 0.6 is 23.2 Å². The molecule has 4 rings (SSSR count). The molecule has 0 unspecified atom stereocenters. The lowest BCUT2D eigenvalue weighted by molar-refractivity contribution is -0.133. The van der Waals surface area contributed by atoms with E-state index in [2.05, 4.69) is 16.1 Å². The van der Waals surface area contributed by atoms with Gasteiger partial charge in [-0.15, -0.1) is 0 Å². The maximum atomic E-state index is 13.4. The van der Waals surface area contributed by atoms with Crippen LogP contribution < -0.4 is 20.8 Å². The number of nitrogens with one attached hydrogen (secondary N) is 3. The molecule has 0 spiro atoms. The lowest BCUT2D eigenvalue weighted by Crippen LogP contribution is -2.36. The molecule has 0 saturated carbocycles. The average Bonchev–Trinajstić information content (AvgIpc) is 3.17. The number of anilines is 2. The van der Waals surface area contributed by atoms with Crippen molar-refractivity contribution in [2.24, 2.45) is 0 Å². The average molecular weight is 515 g/mol. The topological polar surface area (TPSA) is 101 Å². The van der Waals surface area contributed by atoms with Crippen LogP contribution in [0.1, 0.15) is 10.5 Å². The molecule has 1 aromatic heterocycles. The second kappa shape index (κ2) is 10.0. The third kappa shape index (κ3) is 5.37. The van der Waals surface area contributed by atoms with Crippen LogP contribution in [0.25, 0.3) is 10.9 Å². The molecule has 3 amide bonds. The van der Waals surface area contributed by atoms with Crippen molar-refractivity contribution < 1.29 is 23.5 Å². The first kappa shape index (κ1) is 24.1. The molecule has 0 radical (unpaired) electrons.